The van der Waals surface area contributed by atoms with Gasteiger partial charge < -0.3 is 11.1 Å². The lowest BCUT2D eigenvalue weighted by atomic mass is 10.1. The molecule has 3 aromatic rings. The first-order valence-electron chi connectivity index (χ1n) is 7.27. The van der Waals surface area contributed by atoms with Crippen molar-refractivity contribution >= 4 is 17.3 Å². The van der Waals surface area contributed by atoms with Crippen molar-refractivity contribution in [2.45, 2.75) is 6.54 Å². The van der Waals surface area contributed by atoms with Gasteiger partial charge in [-0.3, -0.25) is 10.1 Å². The minimum atomic E-state index is -0.408. The second kappa shape index (κ2) is 6.74. The Hall–Kier alpha value is -3.48. The molecule has 0 saturated heterocycles. The van der Waals surface area contributed by atoms with E-state index in [1.54, 1.807) is 24.5 Å². The molecule has 0 aliphatic heterocycles. The van der Waals surface area contributed by atoms with Gasteiger partial charge in [-0.15, -0.1) is 0 Å². The van der Waals surface area contributed by atoms with E-state index < -0.39 is 4.92 Å². The van der Waals surface area contributed by atoms with Gasteiger partial charge in [0.1, 0.15) is 5.69 Å². The van der Waals surface area contributed by atoms with Crippen molar-refractivity contribution in [3.8, 4) is 11.1 Å². The van der Waals surface area contributed by atoms with E-state index in [1.807, 2.05) is 30.3 Å². The first-order valence-corrected chi connectivity index (χ1v) is 7.27. The summed E-state index contributed by atoms with van der Waals surface area (Å²) < 4.78 is 0. The fraction of sp³-hybridized carbons (Fsp3) is 0.0588. The van der Waals surface area contributed by atoms with Crippen LogP contribution < -0.4 is 11.1 Å². The normalized spacial score (nSPS) is 10.3. The predicted octanol–water partition coefficient (Wildman–Crippen LogP) is 3.25. The standard InChI is InChI=1S/C17H15N5O2/c18-17-20-10-14(11-21-17)13-6-7-15(16(8-13)22(23)24)19-9-12-4-2-1-3-5-12/h1-8,10-11,19H,9H2,(H2,18,20,21). The molecule has 0 aliphatic rings. The van der Waals surface area contributed by atoms with Gasteiger partial charge in [-0.05, 0) is 17.2 Å². The summed E-state index contributed by atoms with van der Waals surface area (Å²) in [5.74, 6) is 0.161. The first kappa shape index (κ1) is 15.4. The van der Waals surface area contributed by atoms with Crippen LogP contribution in [0.4, 0.5) is 17.3 Å². The van der Waals surface area contributed by atoms with E-state index in [1.165, 1.54) is 6.07 Å². The van der Waals surface area contributed by atoms with Gasteiger partial charge in [0.15, 0.2) is 0 Å². The number of nitrogens with one attached hydrogen (secondary N) is 1. The Morgan fingerprint density at radius 2 is 1.75 bits per heavy atom. The Morgan fingerprint density at radius 1 is 1.04 bits per heavy atom. The molecule has 7 nitrogen and oxygen atoms in total. The van der Waals surface area contributed by atoms with Crippen molar-refractivity contribution in [2.75, 3.05) is 11.1 Å². The van der Waals surface area contributed by atoms with E-state index in [9.17, 15) is 10.1 Å². The van der Waals surface area contributed by atoms with Gasteiger partial charge in [0.25, 0.3) is 5.69 Å². The molecule has 2 aromatic carbocycles. The van der Waals surface area contributed by atoms with Gasteiger partial charge in [0.2, 0.25) is 5.95 Å². The van der Waals surface area contributed by atoms with E-state index in [-0.39, 0.29) is 11.6 Å². The molecule has 0 spiro atoms. The second-order valence-electron chi connectivity index (χ2n) is 5.16. The van der Waals surface area contributed by atoms with E-state index in [2.05, 4.69) is 15.3 Å². The second-order valence-corrected chi connectivity index (χ2v) is 5.16. The van der Waals surface area contributed by atoms with Crippen LogP contribution in [0.2, 0.25) is 0 Å². The molecule has 0 bridgehead atoms. The summed E-state index contributed by atoms with van der Waals surface area (Å²) in [5, 5.41) is 14.5. The van der Waals surface area contributed by atoms with Crippen molar-refractivity contribution in [1.82, 2.24) is 9.97 Å². The van der Waals surface area contributed by atoms with Gasteiger partial charge in [0.05, 0.1) is 4.92 Å². The van der Waals surface area contributed by atoms with Gasteiger partial charge in [0, 0.05) is 30.6 Å². The minimum absolute atomic E-state index is 0.000237. The number of aromatic nitrogens is 2. The molecule has 0 radical (unpaired) electrons. The molecule has 24 heavy (non-hydrogen) atoms. The lowest BCUT2D eigenvalue weighted by Gasteiger charge is -2.09. The number of nitrogens with two attached hydrogens (primary N) is 1. The van der Waals surface area contributed by atoms with Gasteiger partial charge in [-0.25, -0.2) is 9.97 Å². The highest BCUT2D eigenvalue weighted by Crippen LogP contribution is 2.30. The van der Waals surface area contributed by atoms with Crippen molar-refractivity contribution < 1.29 is 4.92 Å². The number of anilines is 2. The zero-order chi connectivity index (χ0) is 16.9. The Kier molecular flexibility index (Phi) is 4.33. The summed E-state index contributed by atoms with van der Waals surface area (Å²) in [4.78, 5) is 18.8. The number of benzene rings is 2. The fourth-order valence-corrected chi connectivity index (χ4v) is 2.29. The summed E-state index contributed by atoms with van der Waals surface area (Å²) in [6, 6.07) is 14.7. The van der Waals surface area contributed by atoms with Crippen molar-refractivity contribution in [2.24, 2.45) is 0 Å². The highest BCUT2D eigenvalue weighted by molar-refractivity contribution is 5.72. The molecule has 0 atom stereocenters. The summed E-state index contributed by atoms with van der Waals surface area (Å²) in [7, 11) is 0. The van der Waals surface area contributed by atoms with Crippen LogP contribution in [0.25, 0.3) is 11.1 Å². The molecule has 1 heterocycles. The highest BCUT2D eigenvalue weighted by Gasteiger charge is 2.15. The van der Waals surface area contributed by atoms with Gasteiger partial charge >= 0.3 is 0 Å². The predicted molar refractivity (Wildman–Crippen MR) is 92.3 cm³/mol. The van der Waals surface area contributed by atoms with E-state index in [0.717, 1.165) is 5.56 Å². The average molecular weight is 321 g/mol. The summed E-state index contributed by atoms with van der Waals surface area (Å²) in [5.41, 5.74) is 8.30. The molecule has 0 saturated carbocycles. The van der Waals surface area contributed by atoms with E-state index in [0.29, 0.717) is 23.4 Å². The maximum Gasteiger partial charge on any atom is 0.292 e. The van der Waals surface area contributed by atoms with Crippen molar-refractivity contribution in [3.05, 3.63) is 76.6 Å². The lowest BCUT2D eigenvalue weighted by Crippen LogP contribution is -2.03. The maximum absolute atomic E-state index is 11.4. The van der Waals surface area contributed by atoms with Crippen LogP contribution in [0.3, 0.4) is 0 Å². The number of hydrogen-bond donors (Lipinski definition) is 2. The maximum atomic E-state index is 11.4. The van der Waals surface area contributed by atoms with Crippen LogP contribution in [0.5, 0.6) is 0 Å². The number of nitrogen functional groups attached to an aromatic ring is 1. The molecule has 0 fully saturated rings. The molecule has 120 valence electrons. The van der Waals surface area contributed by atoms with Gasteiger partial charge in [-0.2, -0.15) is 0 Å². The van der Waals surface area contributed by atoms with Gasteiger partial charge in [-0.1, -0.05) is 36.4 Å². The monoisotopic (exact) mass is 321 g/mol. The molecule has 7 heteroatoms. The summed E-state index contributed by atoms with van der Waals surface area (Å²) >= 11 is 0. The number of hydrogen-bond acceptors (Lipinski definition) is 6. The molecule has 0 aliphatic carbocycles. The molecule has 0 unspecified atom stereocenters. The molecule has 3 N–H and O–H groups in total. The zero-order valence-electron chi connectivity index (χ0n) is 12.7. The zero-order valence-corrected chi connectivity index (χ0v) is 12.7. The van der Waals surface area contributed by atoms with Crippen LogP contribution >= 0.6 is 0 Å². The minimum Gasteiger partial charge on any atom is -0.375 e. The third-order valence-electron chi connectivity index (χ3n) is 3.53. The number of nitrogens with zero attached hydrogens (tertiary/aromatic N) is 3. The number of nitro benzene ring substituents is 1. The lowest BCUT2D eigenvalue weighted by molar-refractivity contribution is -0.383. The topological polar surface area (TPSA) is 107 Å². The Balaban J connectivity index is 1.87. The van der Waals surface area contributed by atoms with Crippen LogP contribution in [-0.2, 0) is 6.54 Å². The first-order chi connectivity index (χ1) is 11.6. The largest absolute Gasteiger partial charge is 0.375 e. The van der Waals surface area contributed by atoms with Crippen LogP contribution in [0.1, 0.15) is 5.56 Å². The van der Waals surface area contributed by atoms with Crippen molar-refractivity contribution in [1.29, 1.82) is 0 Å². The Bertz CT molecular complexity index is 851. The fourth-order valence-electron chi connectivity index (χ4n) is 2.29. The molecule has 3 rings (SSSR count). The summed E-state index contributed by atoms with van der Waals surface area (Å²) in [6.07, 6.45) is 3.08. The third kappa shape index (κ3) is 3.46. The third-order valence-corrected chi connectivity index (χ3v) is 3.53. The highest BCUT2D eigenvalue weighted by atomic mass is 16.6. The summed E-state index contributed by atoms with van der Waals surface area (Å²) in [6.45, 7) is 0.506. The van der Waals surface area contributed by atoms with Crippen molar-refractivity contribution in [3.63, 3.8) is 0 Å². The smallest absolute Gasteiger partial charge is 0.292 e. The average Bonchev–Trinajstić information content (AvgIpc) is 2.61. The quantitative estimate of drug-likeness (QED) is 0.552. The van der Waals surface area contributed by atoms with E-state index >= 15 is 0 Å². The number of nitro groups is 1. The van der Waals surface area contributed by atoms with E-state index in [4.69, 9.17) is 5.73 Å². The van der Waals surface area contributed by atoms with Crippen LogP contribution in [0, 0.1) is 10.1 Å². The van der Waals surface area contributed by atoms with Crippen LogP contribution in [0.15, 0.2) is 60.9 Å². The SMILES string of the molecule is Nc1ncc(-c2ccc(NCc3ccccc3)c([N+](=O)[O-])c2)cn1. The van der Waals surface area contributed by atoms with Crippen LogP contribution in [-0.4, -0.2) is 14.9 Å². The Morgan fingerprint density at radius 3 is 2.42 bits per heavy atom. The molecular formula is C17H15N5O2. The molecule has 1 aromatic heterocycles. The Labute approximate surface area is 138 Å². The number of rotatable bonds is 5. The molecular weight excluding hydrogens is 306 g/mol. The molecule has 0 amide bonds.